The molecule has 0 bridgehead atoms. The van der Waals surface area contributed by atoms with E-state index in [1.54, 1.807) is 32.6 Å². The molecule has 9 heteroatoms. The van der Waals surface area contributed by atoms with Gasteiger partial charge in [0.1, 0.15) is 18.1 Å². The van der Waals surface area contributed by atoms with Gasteiger partial charge in [0.05, 0.1) is 30.7 Å². The van der Waals surface area contributed by atoms with Crippen LogP contribution in [0.1, 0.15) is 5.56 Å². The number of para-hydroxylation sites is 2. The minimum Gasteiger partial charge on any atom is -0.497 e. The number of amides is 1. The van der Waals surface area contributed by atoms with E-state index in [1.807, 2.05) is 54.6 Å². The van der Waals surface area contributed by atoms with E-state index in [0.717, 1.165) is 21.5 Å². The number of carbonyl (C=O) groups excluding carboxylic acids is 1. The number of anilines is 1. The van der Waals surface area contributed by atoms with Gasteiger partial charge in [-0.25, -0.2) is 4.98 Å². The monoisotopic (exact) mass is 475 g/mol. The lowest BCUT2D eigenvalue weighted by Crippen LogP contribution is -2.44. The van der Waals surface area contributed by atoms with E-state index in [-0.39, 0.29) is 12.5 Å². The van der Waals surface area contributed by atoms with Crippen molar-refractivity contribution in [1.29, 1.82) is 0 Å². The standard InChI is InChI=1S/C25H21N3O5S/c1-30-17-9-7-16(8-10-17)14-26-28(25-27-19-12-11-18(31-2)13-23(19)34-25)24(29)22-15-32-20-5-3-4-6-21(20)33-22/h3-14,22H,15H2,1-2H3/b26-14+. The second-order valence-corrected chi connectivity index (χ2v) is 8.37. The fourth-order valence-electron chi connectivity index (χ4n) is 3.40. The Bertz CT molecular complexity index is 1350. The zero-order chi connectivity index (χ0) is 23.5. The molecule has 1 atom stereocenters. The highest BCUT2D eigenvalue weighted by molar-refractivity contribution is 7.22. The highest BCUT2D eigenvalue weighted by Crippen LogP contribution is 2.34. The first kappa shape index (κ1) is 21.7. The van der Waals surface area contributed by atoms with Crippen molar-refractivity contribution >= 4 is 38.8 Å². The summed E-state index contributed by atoms with van der Waals surface area (Å²) >= 11 is 1.34. The molecule has 0 spiro atoms. The van der Waals surface area contributed by atoms with Gasteiger partial charge in [0.2, 0.25) is 11.2 Å². The number of fused-ring (bicyclic) bond motifs is 2. The Balaban J connectivity index is 1.48. The van der Waals surface area contributed by atoms with Crippen molar-refractivity contribution in [1.82, 2.24) is 4.98 Å². The third kappa shape index (κ3) is 4.38. The van der Waals surface area contributed by atoms with Crippen LogP contribution < -0.4 is 24.0 Å². The highest BCUT2D eigenvalue weighted by Gasteiger charge is 2.33. The van der Waals surface area contributed by atoms with Gasteiger partial charge in [0, 0.05) is 0 Å². The van der Waals surface area contributed by atoms with Gasteiger partial charge < -0.3 is 18.9 Å². The maximum atomic E-state index is 13.6. The van der Waals surface area contributed by atoms with E-state index in [4.69, 9.17) is 18.9 Å². The molecule has 172 valence electrons. The van der Waals surface area contributed by atoms with Gasteiger partial charge in [0.15, 0.2) is 11.5 Å². The van der Waals surface area contributed by atoms with Crippen LogP contribution in [0.4, 0.5) is 5.13 Å². The fraction of sp³-hybridized carbons (Fsp3) is 0.160. The topological polar surface area (TPSA) is 82.5 Å². The maximum Gasteiger partial charge on any atom is 0.294 e. The third-order valence-electron chi connectivity index (χ3n) is 5.20. The summed E-state index contributed by atoms with van der Waals surface area (Å²) in [6.07, 6.45) is 0.728. The van der Waals surface area contributed by atoms with Gasteiger partial charge in [-0.3, -0.25) is 4.79 Å². The summed E-state index contributed by atoms with van der Waals surface area (Å²) in [6, 6.07) is 20.2. The summed E-state index contributed by atoms with van der Waals surface area (Å²) in [7, 11) is 3.21. The normalized spacial score (nSPS) is 14.8. The molecule has 0 aliphatic carbocycles. The molecular weight excluding hydrogens is 454 g/mol. The molecule has 1 aliphatic rings. The summed E-state index contributed by atoms with van der Waals surface area (Å²) < 4.78 is 23.1. The van der Waals surface area contributed by atoms with Crippen LogP contribution in [-0.4, -0.2) is 44.0 Å². The lowest BCUT2D eigenvalue weighted by atomic mass is 10.2. The molecule has 0 saturated carbocycles. The van der Waals surface area contributed by atoms with Crippen molar-refractivity contribution in [2.45, 2.75) is 6.10 Å². The SMILES string of the molecule is COc1ccc(/C=N/N(C(=O)C2COc3ccccc3O2)c2nc3ccc(OC)cc3s2)cc1. The van der Waals surface area contributed by atoms with Crippen LogP contribution in [0.25, 0.3) is 10.2 Å². The predicted octanol–water partition coefficient (Wildman–Crippen LogP) is 4.52. The maximum absolute atomic E-state index is 13.6. The highest BCUT2D eigenvalue weighted by atomic mass is 32.1. The largest absolute Gasteiger partial charge is 0.497 e. The van der Waals surface area contributed by atoms with Crippen LogP contribution in [0.5, 0.6) is 23.0 Å². The molecule has 1 unspecified atom stereocenters. The van der Waals surface area contributed by atoms with Crippen LogP contribution in [0.3, 0.4) is 0 Å². The van der Waals surface area contributed by atoms with E-state index in [0.29, 0.717) is 22.4 Å². The summed E-state index contributed by atoms with van der Waals surface area (Å²) in [5.41, 5.74) is 1.54. The van der Waals surface area contributed by atoms with E-state index >= 15 is 0 Å². The van der Waals surface area contributed by atoms with Crippen molar-refractivity contribution in [2.75, 3.05) is 25.8 Å². The smallest absolute Gasteiger partial charge is 0.294 e. The quantitative estimate of drug-likeness (QED) is 0.301. The summed E-state index contributed by atoms with van der Waals surface area (Å²) in [5.74, 6) is 2.18. The van der Waals surface area contributed by atoms with Crippen molar-refractivity contribution in [3.05, 3.63) is 72.3 Å². The average Bonchev–Trinajstić information content (AvgIpc) is 3.31. The Morgan fingerprint density at radius 2 is 1.79 bits per heavy atom. The first-order chi connectivity index (χ1) is 16.6. The number of hydrogen-bond donors (Lipinski definition) is 0. The number of carbonyl (C=O) groups is 1. The van der Waals surface area contributed by atoms with Gasteiger partial charge >= 0.3 is 0 Å². The number of methoxy groups -OCH3 is 2. The number of aromatic nitrogens is 1. The lowest BCUT2D eigenvalue weighted by molar-refractivity contribution is -0.127. The van der Waals surface area contributed by atoms with Gasteiger partial charge in [-0.05, 0) is 60.2 Å². The summed E-state index contributed by atoms with van der Waals surface area (Å²) in [4.78, 5) is 18.2. The molecule has 1 aliphatic heterocycles. The molecule has 0 fully saturated rings. The first-order valence-electron chi connectivity index (χ1n) is 10.5. The molecule has 8 nitrogen and oxygen atoms in total. The van der Waals surface area contributed by atoms with Crippen LogP contribution in [-0.2, 0) is 4.79 Å². The van der Waals surface area contributed by atoms with Gasteiger partial charge in [-0.1, -0.05) is 23.5 Å². The molecule has 1 aromatic heterocycles. The van der Waals surface area contributed by atoms with Gasteiger partial charge in [-0.2, -0.15) is 10.1 Å². The average molecular weight is 476 g/mol. The Morgan fingerprint density at radius 3 is 2.56 bits per heavy atom. The van der Waals surface area contributed by atoms with Crippen molar-refractivity contribution in [3.8, 4) is 23.0 Å². The number of rotatable bonds is 6. The Morgan fingerprint density at radius 1 is 1.06 bits per heavy atom. The zero-order valence-corrected chi connectivity index (χ0v) is 19.3. The lowest BCUT2D eigenvalue weighted by Gasteiger charge is -2.27. The van der Waals surface area contributed by atoms with E-state index in [1.165, 1.54) is 16.3 Å². The van der Waals surface area contributed by atoms with Gasteiger partial charge in [0.25, 0.3) is 5.91 Å². The minimum absolute atomic E-state index is 0.0725. The summed E-state index contributed by atoms with van der Waals surface area (Å²) in [6.45, 7) is 0.0725. The zero-order valence-electron chi connectivity index (χ0n) is 18.5. The Labute approximate surface area is 200 Å². The van der Waals surface area contributed by atoms with E-state index in [9.17, 15) is 4.79 Å². The molecule has 0 radical (unpaired) electrons. The van der Waals surface area contributed by atoms with Crippen molar-refractivity contribution in [3.63, 3.8) is 0 Å². The van der Waals surface area contributed by atoms with E-state index < -0.39 is 6.10 Å². The molecule has 34 heavy (non-hydrogen) atoms. The molecule has 3 aromatic carbocycles. The van der Waals surface area contributed by atoms with Crippen LogP contribution in [0, 0.1) is 0 Å². The number of thiazole rings is 1. The Kier molecular flexibility index (Phi) is 6.01. The van der Waals surface area contributed by atoms with E-state index in [2.05, 4.69) is 10.1 Å². The molecule has 1 amide bonds. The third-order valence-corrected chi connectivity index (χ3v) is 6.19. The molecule has 0 saturated heterocycles. The van der Waals surface area contributed by atoms with Crippen LogP contribution in [0.15, 0.2) is 71.8 Å². The van der Waals surface area contributed by atoms with Crippen LogP contribution in [0.2, 0.25) is 0 Å². The number of nitrogens with zero attached hydrogens (tertiary/aromatic N) is 3. The number of hydrogen-bond acceptors (Lipinski definition) is 8. The fourth-order valence-corrected chi connectivity index (χ4v) is 4.36. The minimum atomic E-state index is -0.871. The Hall–Kier alpha value is -4.11. The molecule has 0 N–H and O–H groups in total. The van der Waals surface area contributed by atoms with Crippen molar-refractivity contribution < 1.29 is 23.7 Å². The second kappa shape index (κ2) is 9.40. The number of ether oxygens (including phenoxy) is 4. The number of benzene rings is 3. The molecule has 2 heterocycles. The summed E-state index contributed by atoms with van der Waals surface area (Å²) in [5, 5.41) is 6.17. The molecule has 4 aromatic rings. The second-order valence-electron chi connectivity index (χ2n) is 7.36. The van der Waals surface area contributed by atoms with Crippen LogP contribution >= 0.6 is 11.3 Å². The number of hydrazone groups is 1. The van der Waals surface area contributed by atoms with Crippen molar-refractivity contribution in [2.24, 2.45) is 5.10 Å². The first-order valence-corrected chi connectivity index (χ1v) is 11.3. The predicted molar refractivity (Wildman–Crippen MR) is 131 cm³/mol. The molecular formula is C25H21N3O5S. The molecule has 5 rings (SSSR count). The van der Waals surface area contributed by atoms with Gasteiger partial charge in [-0.15, -0.1) is 0 Å².